The molecular formula is C13H13NO3. The summed E-state index contributed by atoms with van der Waals surface area (Å²) in [6.45, 7) is 0.457. The van der Waals surface area contributed by atoms with Crippen molar-refractivity contribution in [1.82, 2.24) is 0 Å². The maximum absolute atomic E-state index is 9.68. The molecular weight excluding hydrogens is 218 g/mol. The maximum atomic E-state index is 9.68. The number of hydrogen-bond acceptors (Lipinski definition) is 4. The number of hydrogen-bond donors (Lipinski definition) is 1. The van der Waals surface area contributed by atoms with Gasteiger partial charge in [-0.15, -0.1) is 0 Å². The Labute approximate surface area is 99.2 Å². The molecule has 2 rings (SSSR count). The van der Waals surface area contributed by atoms with Gasteiger partial charge in [0, 0.05) is 17.8 Å². The number of aliphatic imine (C=N–C) groups is 1. The molecule has 0 unspecified atom stereocenters. The third-order valence-corrected chi connectivity index (χ3v) is 2.30. The lowest BCUT2D eigenvalue weighted by Gasteiger charge is -2.02. The highest BCUT2D eigenvalue weighted by Crippen LogP contribution is 2.21. The Hall–Kier alpha value is -2.23. The molecule has 0 atom stereocenters. The molecule has 0 aliphatic rings. The minimum absolute atomic E-state index is 0.146. The number of methoxy groups -OCH3 is 1. The second-order valence-electron chi connectivity index (χ2n) is 3.47. The number of benzene rings is 1. The van der Waals surface area contributed by atoms with Crippen LogP contribution in [0.5, 0.6) is 11.5 Å². The number of nitrogens with zero attached hydrogens (tertiary/aromatic N) is 1. The van der Waals surface area contributed by atoms with E-state index < -0.39 is 0 Å². The summed E-state index contributed by atoms with van der Waals surface area (Å²) in [5.41, 5.74) is 0.650. The van der Waals surface area contributed by atoms with Crippen molar-refractivity contribution in [3.8, 4) is 11.5 Å². The van der Waals surface area contributed by atoms with Crippen LogP contribution in [0, 0.1) is 0 Å². The van der Waals surface area contributed by atoms with Crippen LogP contribution in [-0.2, 0) is 6.54 Å². The normalized spacial score (nSPS) is 10.9. The average Bonchev–Trinajstić information content (AvgIpc) is 2.84. The van der Waals surface area contributed by atoms with Gasteiger partial charge in [-0.1, -0.05) is 0 Å². The summed E-state index contributed by atoms with van der Waals surface area (Å²) in [5, 5.41) is 9.68. The second kappa shape index (κ2) is 5.21. The van der Waals surface area contributed by atoms with E-state index in [0.717, 1.165) is 5.76 Å². The molecule has 0 aliphatic carbocycles. The quantitative estimate of drug-likeness (QED) is 0.823. The topological polar surface area (TPSA) is 55.0 Å². The van der Waals surface area contributed by atoms with Crippen molar-refractivity contribution in [3.63, 3.8) is 0 Å². The lowest BCUT2D eigenvalue weighted by atomic mass is 10.2. The Bertz CT molecular complexity index is 503. The summed E-state index contributed by atoms with van der Waals surface area (Å²) in [4.78, 5) is 4.18. The molecule has 0 saturated carbocycles. The SMILES string of the molecule is COc1ccc(C=NCc2ccco2)c(O)c1. The van der Waals surface area contributed by atoms with Crippen LogP contribution in [0.2, 0.25) is 0 Å². The highest BCUT2D eigenvalue weighted by Gasteiger charge is 2.00. The molecule has 0 aliphatic heterocycles. The maximum Gasteiger partial charge on any atom is 0.128 e. The molecule has 0 amide bonds. The Morgan fingerprint density at radius 3 is 2.94 bits per heavy atom. The molecule has 17 heavy (non-hydrogen) atoms. The molecule has 0 bridgehead atoms. The van der Waals surface area contributed by atoms with E-state index >= 15 is 0 Å². The first-order chi connectivity index (χ1) is 8.29. The average molecular weight is 231 g/mol. The molecule has 1 aromatic carbocycles. The summed E-state index contributed by atoms with van der Waals surface area (Å²) in [5.74, 6) is 1.55. The number of furan rings is 1. The predicted octanol–water partition coefficient (Wildman–Crippen LogP) is 2.61. The largest absolute Gasteiger partial charge is 0.507 e. The fourth-order valence-corrected chi connectivity index (χ4v) is 1.40. The molecule has 0 saturated heterocycles. The summed E-state index contributed by atoms with van der Waals surface area (Å²) in [7, 11) is 1.56. The Morgan fingerprint density at radius 2 is 2.29 bits per heavy atom. The van der Waals surface area contributed by atoms with Gasteiger partial charge in [0.1, 0.15) is 17.3 Å². The van der Waals surface area contributed by atoms with Gasteiger partial charge < -0.3 is 14.3 Å². The van der Waals surface area contributed by atoms with Crippen molar-refractivity contribution in [2.24, 2.45) is 4.99 Å². The van der Waals surface area contributed by atoms with Gasteiger partial charge >= 0.3 is 0 Å². The minimum Gasteiger partial charge on any atom is -0.507 e. The highest BCUT2D eigenvalue weighted by molar-refractivity contribution is 5.83. The van der Waals surface area contributed by atoms with Crippen LogP contribution in [0.15, 0.2) is 46.0 Å². The first kappa shape index (κ1) is 11.3. The van der Waals surface area contributed by atoms with Crippen LogP contribution < -0.4 is 4.74 Å². The molecule has 0 fully saturated rings. The molecule has 88 valence electrons. The zero-order chi connectivity index (χ0) is 12.1. The molecule has 0 radical (unpaired) electrons. The smallest absolute Gasteiger partial charge is 0.128 e. The van der Waals surface area contributed by atoms with Crippen LogP contribution in [0.25, 0.3) is 0 Å². The molecule has 1 aromatic heterocycles. The number of phenols is 1. The molecule has 0 spiro atoms. The van der Waals surface area contributed by atoms with Gasteiger partial charge in [-0.25, -0.2) is 0 Å². The van der Waals surface area contributed by atoms with Crippen LogP contribution in [0.3, 0.4) is 0 Å². The zero-order valence-electron chi connectivity index (χ0n) is 9.46. The van der Waals surface area contributed by atoms with Gasteiger partial charge in [0.05, 0.1) is 19.9 Å². The van der Waals surface area contributed by atoms with E-state index in [0.29, 0.717) is 17.9 Å². The number of phenolic OH excluding ortho intramolecular Hbond substituents is 1. The van der Waals surface area contributed by atoms with Crippen molar-refractivity contribution in [3.05, 3.63) is 47.9 Å². The van der Waals surface area contributed by atoms with Crippen molar-refractivity contribution in [2.75, 3.05) is 7.11 Å². The van der Waals surface area contributed by atoms with E-state index in [2.05, 4.69) is 4.99 Å². The summed E-state index contributed by atoms with van der Waals surface area (Å²) in [6.07, 6.45) is 3.22. The van der Waals surface area contributed by atoms with E-state index in [1.165, 1.54) is 0 Å². The van der Waals surface area contributed by atoms with Crippen molar-refractivity contribution in [2.45, 2.75) is 6.54 Å². The van der Waals surface area contributed by atoms with E-state index in [9.17, 15) is 5.11 Å². The van der Waals surface area contributed by atoms with Crippen LogP contribution in [0.1, 0.15) is 11.3 Å². The summed E-state index contributed by atoms with van der Waals surface area (Å²) in [6, 6.07) is 8.74. The van der Waals surface area contributed by atoms with Gasteiger partial charge in [0.2, 0.25) is 0 Å². The number of aromatic hydroxyl groups is 1. The summed E-state index contributed by atoms with van der Waals surface area (Å²) < 4.78 is 10.1. The van der Waals surface area contributed by atoms with Crippen LogP contribution >= 0.6 is 0 Å². The van der Waals surface area contributed by atoms with Crippen molar-refractivity contribution >= 4 is 6.21 Å². The van der Waals surface area contributed by atoms with Crippen molar-refractivity contribution < 1.29 is 14.3 Å². The van der Waals surface area contributed by atoms with Gasteiger partial charge in [-0.05, 0) is 24.3 Å². The van der Waals surface area contributed by atoms with E-state index in [1.807, 2.05) is 12.1 Å². The standard InChI is InChI=1S/C13H13NO3/c1-16-11-5-4-10(13(15)7-11)8-14-9-12-3-2-6-17-12/h2-8,15H,9H2,1H3. The minimum atomic E-state index is 0.146. The van der Waals surface area contributed by atoms with E-state index in [-0.39, 0.29) is 5.75 Å². The molecule has 4 heteroatoms. The van der Waals surface area contributed by atoms with Crippen LogP contribution in [-0.4, -0.2) is 18.4 Å². The third-order valence-electron chi connectivity index (χ3n) is 2.30. The molecule has 1 N–H and O–H groups in total. The van der Waals surface area contributed by atoms with Gasteiger partial charge in [-0.2, -0.15) is 0 Å². The number of ether oxygens (including phenoxy) is 1. The third kappa shape index (κ3) is 2.87. The second-order valence-corrected chi connectivity index (χ2v) is 3.47. The zero-order valence-corrected chi connectivity index (χ0v) is 9.46. The number of rotatable bonds is 4. The molecule has 1 heterocycles. The Morgan fingerprint density at radius 1 is 1.41 bits per heavy atom. The van der Waals surface area contributed by atoms with Crippen molar-refractivity contribution in [1.29, 1.82) is 0 Å². The fourth-order valence-electron chi connectivity index (χ4n) is 1.40. The molecule has 2 aromatic rings. The lowest BCUT2D eigenvalue weighted by molar-refractivity contribution is 0.407. The van der Waals surface area contributed by atoms with Gasteiger partial charge in [0.25, 0.3) is 0 Å². The Balaban J connectivity index is 2.05. The van der Waals surface area contributed by atoms with Gasteiger partial charge in [0.15, 0.2) is 0 Å². The first-order valence-corrected chi connectivity index (χ1v) is 5.19. The molecule has 4 nitrogen and oxygen atoms in total. The highest BCUT2D eigenvalue weighted by atomic mass is 16.5. The summed E-state index contributed by atoms with van der Waals surface area (Å²) >= 11 is 0. The Kier molecular flexibility index (Phi) is 3.45. The first-order valence-electron chi connectivity index (χ1n) is 5.19. The lowest BCUT2D eigenvalue weighted by Crippen LogP contribution is -1.87. The van der Waals surface area contributed by atoms with E-state index in [1.54, 1.807) is 37.8 Å². The van der Waals surface area contributed by atoms with Gasteiger partial charge in [-0.3, -0.25) is 4.99 Å². The van der Waals surface area contributed by atoms with Crippen LogP contribution in [0.4, 0.5) is 0 Å². The monoisotopic (exact) mass is 231 g/mol. The predicted molar refractivity (Wildman–Crippen MR) is 64.7 cm³/mol. The van der Waals surface area contributed by atoms with E-state index in [4.69, 9.17) is 9.15 Å². The fraction of sp³-hybridized carbons (Fsp3) is 0.154.